The number of rotatable bonds is 7. The van der Waals surface area contributed by atoms with E-state index in [4.69, 9.17) is 4.74 Å². The van der Waals surface area contributed by atoms with Crippen molar-refractivity contribution in [2.45, 2.75) is 25.2 Å². The lowest BCUT2D eigenvalue weighted by Gasteiger charge is -2.15. The summed E-state index contributed by atoms with van der Waals surface area (Å²) in [6.07, 6.45) is 0.467. The zero-order chi connectivity index (χ0) is 24.0. The number of ether oxygens (including phenoxy) is 1. The predicted octanol–water partition coefficient (Wildman–Crippen LogP) is 2.32. The largest absolute Gasteiger partial charge is 0.497 e. The molecule has 2 heterocycles. The first-order valence-corrected chi connectivity index (χ1v) is 13.4. The number of nitrogens with zero attached hydrogens (tertiary/aromatic N) is 1. The van der Waals surface area contributed by atoms with Crippen LogP contribution >= 0.6 is 0 Å². The Hall–Kier alpha value is -2.89. The number of fused-ring (bicyclic) bond motifs is 1. The third-order valence-electron chi connectivity index (χ3n) is 5.74. The number of aromatic amines is 1. The smallest absolute Gasteiger partial charge is 0.244 e. The highest BCUT2D eigenvalue weighted by molar-refractivity contribution is 7.94. The Morgan fingerprint density at radius 3 is 2.48 bits per heavy atom. The zero-order valence-electron chi connectivity index (χ0n) is 18.5. The van der Waals surface area contributed by atoms with Gasteiger partial charge in [-0.3, -0.25) is 4.79 Å². The molecule has 0 aliphatic carbocycles. The lowest BCUT2D eigenvalue weighted by Crippen LogP contribution is -2.30. The van der Waals surface area contributed by atoms with E-state index < -0.39 is 31.9 Å². The molecule has 1 aliphatic rings. The van der Waals surface area contributed by atoms with Crippen LogP contribution in [0.1, 0.15) is 18.2 Å². The third kappa shape index (κ3) is 4.35. The summed E-state index contributed by atoms with van der Waals surface area (Å²) in [6.45, 7) is 3.66. The molecule has 2 N–H and O–H groups in total. The van der Waals surface area contributed by atoms with Gasteiger partial charge in [-0.15, -0.1) is 0 Å². The summed E-state index contributed by atoms with van der Waals surface area (Å²) in [5, 5.41) is 0.973. The Kier molecular flexibility index (Phi) is 5.97. The molecule has 0 bridgehead atoms. The molecule has 2 aromatic carbocycles. The molecule has 0 radical (unpaired) electrons. The summed E-state index contributed by atoms with van der Waals surface area (Å²) in [6, 6.07) is 10.9. The lowest BCUT2D eigenvalue weighted by atomic mass is 10.1. The number of nitrogens with one attached hydrogen (secondary N) is 2. The van der Waals surface area contributed by atoms with Gasteiger partial charge in [0.2, 0.25) is 26.0 Å². The van der Waals surface area contributed by atoms with Crippen molar-refractivity contribution in [1.82, 2.24) is 9.71 Å². The summed E-state index contributed by atoms with van der Waals surface area (Å²) in [7, 11) is -5.98. The molecule has 0 saturated carbocycles. The molecular weight excluding hydrogens is 466 g/mol. The van der Waals surface area contributed by atoms with Crippen LogP contribution in [-0.2, 0) is 31.3 Å². The SMILES string of the molecule is COc1ccc2[nH]c(C)c(CCNS(=O)(=O)c3ccc(N4C(=O)[C@@H](C)CS4(=O)=O)cc3)c2c1. The normalized spacial score (nSPS) is 18.2. The highest BCUT2D eigenvalue weighted by atomic mass is 32.2. The van der Waals surface area contributed by atoms with Crippen LogP contribution in [0.15, 0.2) is 47.4 Å². The molecule has 176 valence electrons. The quantitative estimate of drug-likeness (QED) is 0.522. The van der Waals surface area contributed by atoms with Gasteiger partial charge in [-0.2, -0.15) is 0 Å². The molecule has 1 fully saturated rings. The van der Waals surface area contributed by atoms with E-state index in [2.05, 4.69) is 9.71 Å². The third-order valence-corrected chi connectivity index (χ3v) is 9.08. The van der Waals surface area contributed by atoms with Crippen LogP contribution in [0, 0.1) is 12.8 Å². The Labute approximate surface area is 192 Å². The van der Waals surface area contributed by atoms with Crippen molar-refractivity contribution < 1.29 is 26.4 Å². The Bertz CT molecular complexity index is 1430. The number of H-pyrrole nitrogens is 1. The summed E-state index contributed by atoms with van der Waals surface area (Å²) in [5.41, 5.74) is 3.02. The first-order valence-electron chi connectivity index (χ1n) is 10.4. The van der Waals surface area contributed by atoms with Gasteiger partial charge in [0.05, 0.1) is 29.4 Å². The minimum absolute atomic E-state index is 0.0133. The number of methoxy groups -OCH3 is 1. The maximum Gasteiger partial charge on any atom is 0.244 e. The number of amides is 1. The van der Waals surface area contributed by atoms with E-state index in [1.165, 1.54) is 24.3 Å². The van der Waals surface area contributed by atoms with Gasteiger partial charge in [-0.05, 0) is 61.4 Å². The van der Waals surface area contributed by atoms with E-state index in [1.807, 2.05) is 25.1 Å². The molecule has 1 amide bonds. The fourth-order valence-corrected chi connectivity index (χ4v) is 6.90. The highest BCUT2D eigenvalue weighted by Crippen LogP contribution is 2.29. The number of hydrogen-bond donors (Lipinski definition) is 2. The summed E-state index contributed by atoms with van der Waals surface area (Å²) < 4.78 is 58.6. The van der Waals surface area contributed by atoms with Crippen molar-refractivity contribution in [2.75, 3.05) is 23.7 Å². The number of carbonyl (C=O) groups is 1. The van der Waals surface area contributed by atoms with Gasteiger partial charge in [0.15, 0.2) is 0 Å². The molecule has 33 heavy (non-hydrogen) atoms. The number of hydrogen-bond acceptors (Lipinski definition) is 6. The van der Waals surface area contributed by atoms with Crippen LogP contribution in [0.2, 0.25) is 0 Å². The summed E-state index contributed by atoms with van der Waals surface area (Å²) >= 11 is 0. The number of aromatic nitrogens is 1. The number of benzene rings is 2. The monoisotopic (exact) mass is 491 g/mol. The van der Waals surface area contributed by atoms with Crippen molar-refractivity contribution in [3.05, 3.63) is 53.7 Å². The first kappa shape index (κ1) is 23.3. The minimum Gasteiger partial charge on any atom is -0.497 e. The fourth-order valence-electron chi connectivity index (χ4n) is 4.05. The predicted molar refractivity (Wildman–Crippen MR) is 125 cm³/mol. The van der Waals surface area contributed by atoms with Gasteiger partial charge >= 0.3 is 0 Å². The molecule has 1 aliphatic heterocycles. The molecule has 4 rings (SSSR count). The second kappa shape index (κ2) is 8.47. The zero-order valence-corrected chi connectivity index (χ0v) is 20.1. The standard InChI is InChI=1S/C22H25N3O6S2/c1-14-13-32(27,28)25(22(14)26)16-4-7-18(8-5-16)33(29,30)23-11-10-19-15(2)24-21-9-6-17(31-3)12-20(19)21/h4-9,12,14,23-24H,10-11,13H2,1-3H3/t14-/m0/s1. The van der Waals surface area contributed by atoms with Gasteiger partial charge in [-0.1, -0.05) is 6.92 Å². The van der Waals surface area contributed by atoms with Crippen LogP contribution < -0.4 is 13.8 Å². The number of anilines is 1. The van der Waals surface area contributed by atoms with Crippen LogP contribution in [0.3, 0.4) is 0 Å². The number of carbonyl (C=O) groups excluding carboxylic acids is 1. The fraction of sp³-hybridized carbons (Fsp3) is 0.318. The maximum absolute atomic E-state index is 12.7. The van der Waals surface area contributed by atoms with Crippen LogP contribution in [0.5, 0.6) is 5.75 Å². The van der Waals surface area contributed by atoms with E-state index in [0.29, 0.717) is 6.42 Å². The average Bonchev–Trinajstić information content (AvgIpc) is 3.18. The first-order chi connectivity index (χ1) is 15.5. The molecule has 1 atom stereocenters. The van der Waals surface area contributed by atoms with Crippen molar-refractivity contribution in [3.63, 3.8) is 0 Å². The van der Waals surface area contributed by atoms with Crippen molar-refractivity contribution in [2.24, 2.45) is 5.92 Å². The van der Waals surface area contributed by atoms with E-state index in [-0.39, 0.29) is 22.9 Å². The highest BCUT2D eigenvalue weighted by Gasteiger charge is 2.41. The molecular formula is C22H25N3O6S2. The van der Waals surface area contributed by atoms with Crippen LogP contribution in [-0.4, -0.2) is 47.1 Å². The van der Waals surface area contributed by atoms with Gasteiger partial charge in [-0.25, -0.2) is 25.9 Å². The average molecular weight is 492 g/mol. The molecule has 0 spiro atoms. The molecule has 1 saturated heterocycles. The lowest BCUT2D eigenvalue weighted by molar-refractivity contribution is -0.119. The van der Waals surface area contributed by atoms with Crippen molar-refractivity contribution in [1.29, 1.82) is 0 Å². The van der Waals surface area contributed by atoms with E-state index in [9.17, 15) is 21.6 Å². The second-order valence-electron chi connectivity index (χ2n) is 8.06. The topological polar surface area (TPSA) is 126 Å². The molecule has 1 aromatic heterocycles. The van der Waals surface area contributed by atoms with Gasteiger partial charge < -0.3 is 9.72 Å². The Morgan fingerprint density at radius 1 is 1.18 bits per heavy atom. The van der Waals surface area contributed by atoms with Gasteiger partial charge in [0.25, 0.3) is 0 Å². The van der Waals surface area contributed by atoms with Gasteiger partial charge in [0, 0.05) is 23.1 Å². The number of aryl methyl sites for hydroxylation is 1. The maximum atomic E-state index is 12.7. The Balaban J connectivity index is 1.48. The summed E-state index contributed by atoms with van der Waals surface area (Å²) in [4.78, 5) is 15.5. The minimum atomic E-state index is -3.82. The second-order valence-corrected chi connectivity index (χ2v) is 11.7. The van der Waals surface area contributed by atoms with E-state index in [1.54, 1.807) is 14.0 Å². The van der Waals surface area contributed by atoms with Crippen molar-refractivity contribution in [3.8, 4) is 5.75 Å². The van der Waals surface area contributed by atoms with Crippen LogP contribution in [0.25, 0.3) is 10.9 Å². The molecule has 9 nitrogen and oxygen atoms in total. The molecule has 3 aromatic rings. The Morgan fingerprint density at radius 2 is 1.88 bits per heavy atom. The summed E-state index contributed by atoms with van der Waals surface area (Å²) in [5.74, 6) is -0.689. The van der Waals surface area contributed by atoms with E-state index >= 15 is 0 Å². The molecule has 0 unspecified atom stereocenters. The van der Waals surface area contributed by atoms with E-state index in [0.717, 1.165) is 32.2 Å². The van der Waals surface area contributed by atoms with Crippen LogP contribution in [0.4, 0.5) is 5.69 Å². The van der Waals surface area contributed by atoms with Gasteiger partial charge in [0.1, 0.15) is 5.75 Å². The molecule has 11 heteroatoms. The number of sulfonamides is 2. The van der Waals surface area contributed by atoms with Crippen molar-refractivity contribution >= 4 is 42.5 Å².